The summed E-state index contributed by atoms with van der Waals surface area (Å²) in [5, 5.41) is 10.2. The molecule has 24 heavy (non-hydrogen) atoms. The van der Waals surface area contributed by atoms with Gasteiger partial charge in [-0.25, -0.2) is 4.39 Å². The minimum Gasteiger partial charge on any atom is -0.388 e. The van der Waals surface area contributed by atoms with E-state index in [0.29, 0.717) is 38.5 Å². The molecule has 0 radical (unpaired) electrons. The van der Waals surface area contributed by atoms with Crippen LogP contribution in [0.5, 0.6) is 0 Å². The zero-order valence-corrected chi connectivity index (χ0v) is 13.7. The normalized spacial score (nSPS) is 22.2. The first kappa shape index (κ1) is 17.3. The molecule has 1 spiro atoms. The van der Waals surface area contributed by atoms with Crippen LogP contribution in [0.25, 0.3) is 0 Å². The van der Waals surface area contributed by atoms with Crippen molar-refractivity contribution in [1.82, 2.24) is 4.90 Å². The highest BCUT2D eigenvalue weighted by Crippen LogP contribution is 2.31. The maximum absolute atomic E-state index is 13.2. The smallest absolute Gasteiger partial charge is 0.225 e. The number of amides is 1. The Hall–Kier alpha value is -1.50. The lowest BCUT2D eigenvalue weighted by atomic mass is 9.90. The van der Waals surface area contributed by atoms with Crippen molar-refractivity contribution >= 4 is 5.91 Å². The molecule has 1 aromatic rings. The number of hydrogen-bond donors (Lipinski definition) is 1. The van der Waals surface area contributed by atoms with Crippen LogP contribution < -0.4 is 0 Å². The highest BCUT2D eigenvalue weighted by molar-refractivity contribution is 5.77. The minimum atomic E-state index is -0.991. The molecule has 0 saturated carbocycles. The molecule has 3 rings (SSSR count). The number of aliphatic hydroxyl groups is 1. The van der Waals surface area contributed by atoms with Gasteiger partial charge in [-0.05, 0) is 37.0 Å². The zero-order valence-electron chi connectivity index (χ0n) is 13.7. The first-order chi connectivity index (χ1) is 11.6. The van der Waals surface area contributed by atoms with Crippen LogP contribution in [0.4, 0.5) is 4.39 Å². The molecule has 1 amide bonds. The second kappa shape index (κ2) is 7.59. The summed E-state index contributed by atoms with van der Waals surface area (Å²) in [5.74, 6) is -0.539. The van der Waals surface area contributed by atoms with Crippen LogP contribution in [-0.2, 0) is 14.3 Å². The van der Waals surface area contributed by atoms with Gasteiger partial charge in [-0.3, -0.25) is 4.79 Å². The lowest BCUT2D eigenvalue weighted by Gasteiger charge is -2.35. The Morgan fingerprint density at radius 3 is 2.79 bits per heavy atom. The molecule has 1 aromatic carbocycles. The molecule has 5 nitrogen and oxygen atoms in total. The minimum absolute atomic E-state index is 0.0421. The van der Waals surface area contributed by atoms with Gasteiger partial charge in [-0.2, -0.15) is 0 Å². The summed E-state index contributed by atoms with van der Waals surface area (Å²) < 4.78 is 24.7. The van der Waals surface area contributed by atoms with Crippen molar-refractivity contribution in [2.75, 3.05) is 32.9 Å². The number of aliphatic hydroxyl groups excluding tert-OH is 1. The fraction of sp³-hybridized carbons (Fsp3) is 0.611. The predicted molar refractivity (Wildman–Crippen MR) is 85.9 cm³/mol. The third-order valence-electron chi connectivity index (χ3n) is 4.96. The number of halogens is 1. The van der Waals surface area contributed by atoms with Crippen molar-refractivity contribution in [3.8, 4) is 0 Å². The second-order valence-electron chi connectivity index (χ2n) is 6.55. The molecule has 132 valence electrons. The monoisotopic (exact) mass is 337 g/mol. The predicted octanol–water partition coefficient (Wildman–Crippen LogP) is 2.05. The summed E-state index contributed by atoms with van der Waals surface area (Å²) >= 11 is 0. The van der Waals surface area contributed by atoms with E-state index in [1.807, 2.05) is 0 Å². The van der Waals surface area contributed by atoms with E-state index in [4.69, 9.17) is 9.47 Å². The summed E-state index contributed by atoms with van der Waals surface area (Å²) in [6.45, 7) is 3.05. The van der Waals surface area contributed by atoms with Gasteiger partial charge in [0.1, 0.15) is 5.82 Å². The molecular formula is C18H24FNO4. The van der Waals surface area contributed by atoms with Gasteiger partial charge in [-0.1, -0.05) is 12.1 Å². The number of rotatable bonds is 3. The number of carbonyl (C=O) groups is 1. The average molecular weight is 337 g/mol. The quantitative estimate of drug-likeness (QED) is 0.917. The highest BCUT2D eigenvalue weighted by Gasteiger charge is 2.36. The summed E-state index contributed by atoms with van der Waals surface area (Å²) in [5.41, 5.74) is 0.254. The SMILES string of the molecule is O=C(CC(O)c1cccc(F)c1)N1CCOC2(CCOCC2)CC1. The van der Waals surface area contributed by atoms with Crippen LogP contribution in [0.3, 0.4) is 0 Å². The molecule has 2 aliphatic rings. The number of ether oxygens (including phenoxy) is 2. The molecule has 2 saturated heterocycles. The lowest BCUT2D eigenvalue weighted by Crippen LogP contribution is -2.40. The van der Waals surface area contributed by atoms with Gasteiger partial charge in [-0.15, -0.1) is 0 Å². The van der Waals surface area contributed by atoms with Crippen molar-refractivity contribution in [3.05, 3.63) is 35.6 Å². The number of nitrogens with zero attached hydrogens (tertiary/aromatic N) is 1. The maximum Gasteiger partial charge on any atom is 0.225 e. The molecule has 6 heteroatoms. The van der Waals surface area contributed by atoms with Crippen molar-refractivity contribution in [2.24, 2.45) is 0 Å². The Morgan fingerprint density at radius 2 is 2.04 bits per heavy atom. The van der Waals surface area contributed by atoms with Gasteiger partial charge < -0.3 is 19.5 Å². The van der Waals surface area contributed by atoms with Crippen molar-refractivity contribution in [1.29, 1.82) is 0 Å². The second-order valence-corrected chi connectivity index (χ2v) is 6.55. The topological polar surface area (TPSA) is 59.0 Å². The van der Waals surface area contributed by atoms with Crippen LogP contribution in [0, 0.1) is 5.82 Å². The lowest BCUT2D eigenvalue weighted by molar-refractivity contribution is -0.133. The molecule has 0 aromatic heterocycles. The number of carbonyl (C=O) groups excluding carboxylic acids is 1. The van der Waals surface area contributed by atoms with Crippen molar-refractivity contribution < 1.29 is 23.8 Å². The van der Waals surface area contributed by atoms with Crippen molar-refractivity contribution in [3.63, 3.8) is 0 Å². The summed E-state index contributed by atoms with van der Waals surface area (Å²) in [6, 6.07) is 5.74. The van der Waals surface area contributed by atoms with Gasteiger partial charge in [0.05, 0.1) is 24.7 Å². The fourth-order valence-corrected chi connectivity index (χ4v) is 3.41. The van der Waals surface area contributed by atoms with Crippen LogP contribution in [0.2, 0.25) is 0 Å². The maximum atomic E-state index is 13.2. The summed E-state index contributed by atoms with van der Waals surface area (Å²) in [6.07, 6.45) is 1.48. The Labute approximate surface area is 141 Å². The first-order valence-electron chi connectivity index (χ1n) is 8.51. The number of hydrogen-bond acceptors (Lipinski definition) is 4. The fourth-order valence-electron chi connectivity index (χ4n) is 3.41. The largest absolute Gasteiger partial charge is 0.388 e. The van der Waals surface area contributed by atoms with Gasteiger partial charge in [0, 0.05) is 26.3 Å². The number of benzene rings is 1. The van der Waals surface area contributed by atoms with E-state index in [1.165, 1.54) is 18.2 Å². The van der Waals surface area contributed by atoms with E-state index in [0.717, 1.165) is 19.3 Å². The highest BCUT2D eigenvalue weighted by atomic mass is 19.1. The summed E-state index contributed by atoms with van der Waals surface area (Å²) in [7, 11) is 0. The molecule has 1 unspecified atom stereocenters. The standard InChI is InChI=1S/C18H24FNO4/c19-15-3-1-2-14(12-15)16(21)13-17(22)20-7-4-18(24-11-8-20)5-9-23-10-6-18/h1-3,12,16,21H,4-11,13H2. The third-order valence-corrected chi connectivity index (χ3v) is 4.96. The van der Waals surface area contributed by atoms with Gasteiger partial charge in [0.15, 0.2) is 0 Å². The van der Waals surface area contributed by atoms with Crippen molar-refractivity contribution in [2.45, 2.75) is 37.4 Å². The summed E-state index contributed by atoms with van der Waals surface area (Å²) in [4.78, 5) is 14.2. The Morgan fingerprint density at radius 1 is 1.25 bits per heavy atom. The average Bonchev–Trinajstić information content (AvgIpc) is 2.78. The molecular weight excluding hydrogens is 313 g/mol. The van der Waals surface area contributed by atoms with Gasteiger partial charge in [0.25, 0.3) is 0 Å². The molecule has 0 bridgehead atoms. The Balaban J connectivity index is 1.57. The Kier molecular flexibility index (Phi) is 5.48. The zero-order chi connectivity index (χ0) is 17.0. The van der Waals surface area contributed by atoms with E-state index in [9.17, 15) is 14.3 Å². The van der Waals surface area contributed by atoms with Crippen LogP contribution in [0.1, 0.15) is 37.4 Å². The van der Waals surface area contributed by atoms with Crippen LogP contribution in [0.15, 0.2) is 24.3 Å². The van der Waals surface area contributed by atoms with Crippen LogP contribution in [-0.4, -0.2) is 54.4 Å². The molecule has 1 N–H and O–H groups in total. The molecule has 0 aliphatic carbocycles. The molecule has 2 fully saturated rings. The Bertz CT molecular complexity index is 574. The van der Waals surface area contributed by atoms with E-state index in [2.05, 4.69) is 0 Å². The van der Waals surface area contributed by atoms with E-state index in [1.54, 1.807) is 11.0 Å². The first-order valence-corrected chi connectivity index (χ1v) is 8.51. The third kappa shape index (κ3) is 4.12. The van der Waals surface area contributed by atoms with Crippen LogP contribution >= 0.6 is 0 Å². The van der Waals surface area contributed by atoms with Gasteiger partial charge in [0.2, 0.25) is 5.91 Å². The molecule has 2 aliphatic heterocycles. The van der Waals surface area contributed by atoms with E-state index < -0.39 is 11.9 Å². The van der Waals surface area contributed by atoms with Gasteiger partial charge >= 0.3 is 0 Å². The van der Waals surface area contributed by atoms with E-state index in [-0.39, 0.29) is 17.9 Å². The van der Waals surface area contributed by atoms with E-state index >= 15 is 0 Å². The molecule has 1 atom stereocenters. The molecule has 2 heterocycles.